The van der Waals surface area contributed by atoms with Crippen molar-refractivity contribution in [1.29, 1.82) is 0 Å². The van der Waals surface area contributed by atoms with Crippen molar-refractivity contribution in [3.05, 3.63) is 21.4 Å². The molecule has 0 atom stereocenters. The number of amides is 1. The Labute approximate surface area is 93.4 Å². The van der Waals surface area contributed by atoms with E-state index in [1.165, 1.54) is 16.9 Å². The highest BCUT2D eigenvalue weighted by Crippen LogP contribution is 2.30. The van der Waals surface area contributed by atoms with Crippen LogP contribution >= 0.6 is 11.3 Å². The van der Waals surface area contributed by atoms with Crippen molar-refractivity contribution in [3.63, 3.8) is 0 Å². The van der Waals surface area contributed by atoms with Crippen molar-refractivity contribution < 1.29 is 9.53 Å². The van der Waals surface area contributed by atoms with E-state index in [9.17, 15) is 4.79 Å². The molecule has 1 N–H and O–H groups in total. The van der Waals surface area contributed by atoms with Gasteiger partial charge >= 0.3 is 0 Å². The second kappa shape index (κ2) is 4.77. The number of hydrogen-bond donors (Lipinski definition) is 1. The number of carbonyl (C=O) groups is 1. The molecule has 0 aliphatic heterocycles. The van der Waals surface area contributed by atoms with E-state index in [1.54, 1.807) is 18.4 Å². The molecule has 0 saturated carbocycles. The fraction of sp³-hybridized carbons (Fsp3) is 0.545. The third kappa shape index (κ3) is 2.38. The van der Waals surface area contributed by atoms with Gasteiger partial charge in [0.15, 0.2) is 0 Å². The molecular weight excluding hydrogens is 210 g/mol. The molecule has 3 nitrogen and oxygen atoms in total. The summed E-state index contributed by atoms with van der Waals surface area (Å²) in [5, 5.41) is 2.84. The lowest BCUT2D eigenvalue weighted by Gasteiger charge is -2.01. The van der Waals surface area contributed by atoms with Crippen LogP contribution in [0.3, 0.4) is 0 Å². The molecule has 1 heterocycles. The average Bonchev–Trinajstić information content (AvgIpc) is 2.76. The molecule has 0 radical (unpaired) electrons. The zero-order chi connectivity index (χ0) is 10.7. The molecule has 0 unspecified atom stereocenters. The number of thiophene rings is 1. The van der Waals surface area contributed by atoms with Gasteiger partial charge in [-0.1, -0.05) is 0 Å². The number of hydrogen-bond acceptors (Lipinski definition) is 3. The van der Waals surface area contributed by atoms with Crippen LogP contribution in [0.5, 0.6) is 0 Å². The monoisotopic (exact) mass is 225 g/mol. The molecular formula is C11H15NO2S. The third-order valence-electron chi connectivity index (χ3n) is 2.56. The third-order valence-corrected chi connectivity index (χ3v) is 3.80. The van der Waals surface area contributed by atoms with Crippen molar-refractivity contribution in [2.24, 2.45) is 0 Å². The van der Waals surface area contributed by atoms with E-state index in [1.807, 2.05) is 6.07 Å². The minimum atomic E-state index is 0.0337. The number of ether oxygens (including phenoxy) is 1. The molecule has 4 heteroatoms. The Morgan fingerprint density at radius 3 is 3.20 bits per heavy atom. The molecule has 0 spiro atoms. The topological polar surface area (TPSA) is 38.3 Å². The van der Waals surface area contributed by atoms with Gasteiger partial charge in [0.2, 0.25) is 0 Å². The van der Waals surface area contributed by atoms with Crippen LogP contribution < -0.4 is 5.32 Å². The smallest absolute Gasteiger partial charge is 0.261 e. The first-order valence-electron chi connectivity index (χ1n) is 5.20. The van der Waals surface area contributed by atoms with E-state index in [4.69, 9.17) is 4.74 Å². The van der Waals surface area contributed by atoms with Gasteiger partial charge in [-0.05, 0) is 30.9 Å². The van der Waals surface area contributed by atoms with E-state index >= 15 is 0 Å². The minimum absolute atomic E-state index is 0.0337. The highest BCUT2D eigenvalue weighted by Gasteiger charge is 2.17. The van der Waals surface area contributed by atoms with Gasteiger partial charge in [0.25, 0.3) is 5.91 Å². The Hall–Kier alpha value is -0.870. The highest BCUT2D eigenvalue weighted by atomic mass is 32.1. The van der Waals surface area contributed by atoms with Gasteiger partial charge in [0, 0.05) is 18.5 Å². The van der Waals surface area contributed by atoms with Crippen LogP contribution in [0.4, 0.5) is 0 Å². The average molecular weight is 225 g/mol. The minimum Gasteiger partial charge on any atom is -0.383 e. The maximum Gasteiger partial charge on any atom is 0.261 e. The summed E-state index contributed by atoms with van der Waals surface area (Å²) < 4.78 is 4.88. The molecule has 2 rings (SSSR count). The summed E-state index contributed by atoms with van der Waals surface area (Å²) in [5.74, 6) is 0.0337. The predicted molar refractivity (Wildman–Crippen MR) is 60.6 cm³/mol. The first-order valence-corrected chi connectivity index (χ1v) is 6.01. The van der Waals surface area contributed by atoms with Crippen molar-refractivity contribution in [1.82, 2.24) is 5.32 Å². The van der Waals surface area contributed by atoms with Gasteiger partial charge in [-0.15, -0.1) is 11.3 Å². The summed E-state index contributed by atoms with van der Waals surface area (Å²) in [7, 11) is 1.63. The van der Waals surface area contributed by atoms with E-state index in [0.717, 1.165) is 17.7 Å². The van der Waals surface area contributed by atoms with E-state index in [0.29, 0.717) is 13.2 Å². The molecule has 1 aromatic heterocycles. The molecule has 82 valence electrons. The molecule has 0 aromatic carbocycles. The molecule has 0 bridgehead atoms. The van der Waals surface area contributed by atoms with Crippen LogP contribution in [0.1, 0.15) is 26.5 Å². The summed E-state index contributed by atoms with van der Waals surface area (Å²) in [5.41, 5.74) is 1.37. The molecule has 15 heavy (non-hydrogen) atoms. The molecule has 1 amide bonds. The standard InChI is InChI=1S/C11H15NO2S/c1-14-6-5-12-11(13)10-7-8-3-2-4-9(8)15-10/h7H,2-6H2,1H3,(H,12,13). The summed E-state index contributed by atoms with van der Waals surface area (Å²) in [6.45, 7) is 1.15. The lowest BCUT2D eigenvalue weighted by molar-refractivity contribution is 0.0941. The molecule has 1 aliphatic rings. The van der Waals surface area contributed by atoms with E-state index < -0.39 is 0 Å². The Morgan fingerprint density at radius 2 is 2.47 bits per heavy atom. The maximum absolute atomic E-state index is 11.7. The largest absolute Gasteiger partial charge is 0.383 e. The zero-order valence-electron chi connectivity index (χ0n) is 8.84. The first kappa shape index (κ1) is 10.6. The molecule has 0 saturated heterocycles. The van der Waals surface area contributed by atoms with Crippen LogP contribution in [0.2, 0.25) is 0 Å². The van der Waals surface area contributed by atoms with Crippen molar-refractivity contribution >= 4 is 17.2 Å². The Balaban J connectivity index is 1.94. The predicted octanol–water partition coefficient (Wildman–Crippen LogP) is 1.61. The van der Waals surface area contributed by atoms with Crippen LogP contribution in [-0.4, -0.2) is 26.2 Å². The maximum atomic E-state index is 11.7. The molecule has 0 fully saturated rings. The Morgan fingerprint density at radius 1 is 1.60 bits per heavy atom. The highest BCUT2D eigenvalue weighted by molar-refractivity contribution is 7.14. The number of nitrogens with one attached hydrogen (secondary N) is 1. The number of fused-ring (bicyclic) bond motifs is 1. The number of methoxy groups -OCH3 is 1. The van der Waals surface area contributed by atoms with Crippen LogP contribution in [0, 0.1) is 0 Å². The van der Waals surface area contributed by atoms with Crippen molar-refractivity contribution in [2.75, 3.05) is 20.3 Å². The number of aryl methyl sites for hydroxylation is 2. The van der Waals surface area contributed by atoms with Crippen LogP contribution in [-0.2, 0) is 17.6 Å². The van der Waals surface area contributed by atoms with Crippen molar-refractivity contribution in [3.8, 4) is 0 Å². The van der Waals surface area contributed by atoms with Crippen molar-refractivity contribution in [2.45, 2.75) is 19.3 Å². The van der Waals surface area contributed by atoms with Crippen LogP contribution in [0.15, 0.2) is 6.07 Å². The zero-order valence-corrected chi connectivity index (χ0v) is 9.65. The number of rotatable bonds is 4. The fourth-order valence-corrected chi connectivity index (χ4v) is 2.96. The second-order valence-electron chi connectivity index (χ2n) is 3.66. The lowest BCUT2D eigenvalue weighted by atomic mass is 10.2. The van der Waals surface area contributed by atoms with Gasteiger partial charge in [0.1, 0.15) is 0 Å². The summed E-state index contributed by atoms with van der Waals surface area (Å²) in [4.78, 5) is 13.9. The summed E-state index contributed by atoms with van der Waals surface area (Å²) in [6.07, 6.45) is 3.52. The lowest BCUT2D eigenvalue weighted by Crippen LogP contribution is -2.26. The Kier molecular flexibility index (Phi) is 3.38. The van der Waals surface area contributed by atoms with E-state index in [2.05, 4.69) is 5.32 Å². The van der Waals surface area contributed by atoms with Gasteiger partial charge in [-0.2, -0.15) is 0 Å². The van der Waals surface area contributed by atoms with Crippen LogP contribution in [0.25, 0.3) is 0 Å². The van der Waals surface area contributed by atoms with Gasteiger partial charge in [0.05, 0.1) is 11.5 Å². The number of carbonyl (C=O) groups excluding carboxylic acids is 1. The van der Waals surface area contributed by atoms with E-state index in [-0.39, 0.29) is 5.91 Å². The molecule has 1 aliphatic carbocycles. The Bertz CT molecular complexity index is 338. The fourth-order valence-electron chi connectivity index (χ4n) is 1.79. The van der Waals surface area contributed by atoms with Gasteiger partial charge in [-0.3, -0.25) is 4.79 Å². The summed E-state index contributed by atoms with van der Waals surface area (Å²) in [6, 6.07) is 2.04. The quantitative estimate of drug-likeness (QED) is 0.791. The molecule has 1 aromatic rings. The van der Waals surface area contributed by atoms with Gasteiger partial charge in [-0.25, -0.2) is 0 Å². The second-order valence-corrected chi connectivity index (χ2v) is 4.80. The van der Waals surface area contributed by atoms with Gasteiger partial charge < -0.3 is 10.1 Å². The first-order chi connectivity index (χ1) is 7.31. The SMILES string of the molecule is COCCNC(=O)c1cc2c(s1)CCC2. The summed E-state index contributed by atoms with van der Waals surface area (Å²) >= 11 is 1.64. The normalized spacial score (nSPS) is 13.9.